The van der Waals surface area contributed by atoms with Crippen LogP contribution in [0.15, 0.2) is 0 Å². The zero-order valence-electron chi connectivity index (χ0n) is 10.2. The topological polar surface area (TPSA) is 38.3 Å². The van der Waals surface area contributed by atoms with Crippen LogP contribution >= 0.6 is 0 Å². The Morgan fingerprint density at radius 1 is 1.25 bits per heavy atom. The Kier molecular flexibility index (Phi) is 4.22. The lowest BCUT2D eigenvalue weighted by Crippen LogP contribution is -2.33. The Bertz CT molecular complexity index is 238. The summed E-state index contributed by atoms with van der Waals surface area (Å²) in [6.07, 6.45) is 7.56. The SMILES string of the molecule is CC1CCCCC1OC(=O)CNCC1CC1. The molecule has 2 aliphatic carbocycles. The number of hydrogen-bond acceptors (Lipinski definition) is 3. The van der Waals surface area contributed by atoms with Crippen molar-refractivity contribution in [1.29, 1.82) is 0 Å². The van der Waals surface area contributed by atoms with Gasteiger partial charge in [-0.05, 0) is 50.5 Å². The van der Waals surface area contributed by atoms with E-state index in [1.807, 2.05) is 0 Å². The molecule has 3 heteroatoms. The van der Waals surface area contributed by atoms with Crippen molar-refractivity contribution >= 4 is 5.97 Å². The highest BCUT2D eigenvalue weighted by atomic mass is 16.5. The fourth-order valence-electron chi connectivity index (χ4n) is 2.37. The first kappa shape index (κ1) is 11.9. The van der Waals surface area contributed by atoms with E-state index < -0.39 is 0 Å². The number of carbonyl (C=O) groups is 1. The molecule has 0 saturated heterocycles. The van der Waals surface area contributed by atoms with Gasteiger partial charge in [0.25, 0.3) is 0 Å². The molecular formula is C13H23NO2. The fourth-order valence-corrected chi connectivity index (χ4v) is 2.37. The second-order valence-corrected chi connectivity index (χ2v) is 5.36. The molecule has 0 aromatic heterocycles. The number of ether oxygens (including phenoxy) is 1. The molecule has 2 aliphatic rings. The summed E-state index contributed by atoms with van der Waals surface area (Å²) >= 11 is 0. The molecule has 0 aliphatic heterocycles. The molecule has 0 aromatic carbocycles. The maximum atomic E-state index is 11.6. The summed E-state index contributed by atoms with van der Waals surface area (Å²) < 4.78 is 5.50. The molecule has 92 valence electrons. The van der Waals surface area contributed by atoms with Crippen molar-refractivity contribution in [2.75, 3.05) is 13.1 Å². The van der Waals surface area contributed by atoms with E-state index in [1.54, 1.807) is 0 Å². The highest BCUT2D eigenvalue weighted by Crippen LogP contribution is 2.28. The average molecular weight is 225 g/mol. The number of esters is 1. The quantitative estimate of drug-likeness (QED) is 0.728. The van der Waals surface area contributed by atoms with Crippen LogP contribution in [-0.2, 0) is 9.53 Å². The predicted molar refractivity (Wildman–Crippen MR) is 63.1 cm³/mol. The monoisotopic (exact) mass is 225 g/mol. The molecule has 1 N–H and O–H groups in total. The van der Waals surface area contributed by atoms with E-state index in [9.17, 15) is 4.79 Å². The van der Waals surface area contributed by atoms with E-state index >= 15 is 0 Å². The van der Waals surface area contributed by atoms with Gasteiger partial charge in [0.1, 0.15) is 6.10 Å². The molecule has 0 aromatic rings. The lowest BCUT2D eigenvalue weighted by atomic mass is 9.88. The predicted octanol–water partition coefficient (Wildman–Crippen LogP) is 2.11. The molecule has 3 nitrogen and oxygen atoms in total. The molecule has 0 spiro atoms. The Labute approximate surface area is 97.9 Å². The summed E-state index contributed by atoms with van der Waals surface area (Å²) in [7, 11) is 0. The Morgan fingerprint density at radius 2 is 2.00 bits per heavy atom. The second kappa shape index (κ2) is 5.67. The number of nitrogens with one attached hydrogen (secondary N) is 1. The van der Waals surface area contributed by atoms with Crippen LogP contribution in [0.4, 0.5) is 0 Å². The van der Waals surface area contributed by atoms with Crippen LogP contribution < -0.4 is 5.32 Å². The van der Waals surface area contributed by atoms with E-state index in [1.165, 1.54) is 32.1 Å². The first-order valence-electron chi connectivity index (χ1n) is 6.66. The second-order valence-electron chi connectivity index (χ2n) is 5.36. The molecule has 0 bridgehead atoms. The third-order valence-corrected chi connectivity index (χ3v) is 3.71. The number of carbonyl (C=O) groups excluding carboxylic acids is 1. The highest BCUT2D eigenvalue weighted by Gasteiger charge is 2.25. The summed E-state index contributed by atoms with van der Waals surface area (Å²) in [6.45, 7) is 3.56. The van der Waals surface area contributed by atoms with Crippen LogP contribution in [0.2, 0.25) is 0 Å². The van der Waals surface area contributed by atoms with Crippen LogP contribution in [-0.4, -0.2) is 25.2 Å². The summed E-state index contributed by atoms with van der Waals surface area (Å²) in [5.41, 5.74) is 0. The summed E-state index contributed by atoms with van der Waals surface area (Å²) in [5.74, 6) is 1.29. The average Bonchev–Trinajstić information content (AvgIpc) is 3.05. The standard InChI is InChI=1S/C13H23NO2/c1-10-4-2-3-5-12(10)16-13(15)9-14-8-11-6-7-11/h10-12,14H,2-9H2,1H3. The van der Waals surface area contributed by atoms with E-state index in [0.717, 1.165) is 18.9 Å². The van der Waals surface area contributed by atoms with Gasteiger partial charge in [-0.25, -0.2) is 0 Å². The van der Waals surface area contributed by atoms with Gasteiger partial charge in [-0.2, -0.15) is 0 Å². The van der Waals surface area contributed by atoms with Crippen LogP contribution in [0.25, 0.3) is 0 Å². The minimum atomic E-state index is -0.0700. The third kappa shape index (κ3) is 3.78. The summed E-state index contributed by atoms with van der Waals surface area (Å²) in [5, 5.41) is 3.18. The smallest absolute Gasteiger partial charge is 0.320 e. The van der Waals surface area contributed by atoms with Gasteiger partial charge in [0.05, 0.1) is 6.54 Å². The minimum absolute atomic E-state index is 0.0700. The summed E-state index contributed by atoms with van der Waals surface area (Å²) in [6, 6.07) is 0. The van der Waals surface area contributed by atoms with E-state index in [0.29, 0.717) is 12.5 Å². The fraction of sp³-hybridized carbons (Fsp3) is 0.923. The molecule has 0 amide bonds. The van der Waals surface area contributed by atoms with E-state index in [-0.39, 0.29) is 12.1 Å². The zero-order valence-corrected chi connectivity index (χ0v) is 10.2. The van der Waals surface area contributed by atoms with Gasteiger partial charge in [0.2, 0.25) is 0 Å². The zero-order chi connectivity index (χ0) is 11.4. The van der Waals surface area contributed by atoms with Crippen molar-refractivity contribution in [1.82, 2.24) is 5.32 Å². The van der Waals surface area contributed by atoms with Crippen LogP contribution in [0.1, 0.15) is 45.4 Å². The molecule has 2 unspecified atom stereocenters. The van der Waals surface area contributed by atoms with Gasteiger partial charge in [-0.1, -0.05) is 13.3 Å². The van der Waals surface area contributed by atoms with Crippen LogP contribution in [0.5, 0.6) is 0 Å². The Hall–Kier alpha value is -0.570. The summed E-state index contributed by atoms with van der Waals surface area (Å²) in [4.78, 5) is 11.6. The van der Waals surface area contributed by atoms with Gasteiger partial charge in [-0.3, -0.25) is 4.79 Å². The third-order valence-electron chi connectivity index (χ3n) is 3.71. The minimum Gasteiger partial charge on any atom is -0.461 e. The molecule has 2 saturated carbocycles. The van der Waals surface area contributed by atoms with Crippen molar-refractivity contribution < 1.29 is 9.53 Å². The maximum absolute atomic E-state index is 11.6. The van der Waals surface area contributed by atoms with Gasteiger partial charge < -0.3 is 10.1 Å². The van der Waals surface area contributed by atoms with Gasteiger partial charge in [-0.15, -0.1) is 0 Å². The largest absolute Gasteiger partial charge is 0.461 e. The first-order valence-corrected chi connectivity index (χ1v) is 6.66. The van der Waals surface area contributed by atoms with Crippen LogP contribution in [0.3, 0.4) is 0 Å². The number of rotatable bonds is 5. The van der Waals surface area contributed by atoms with Crippen molar-refractivity contribution in [2.24, 2.45) is 11.8 Å². The Balaban J connectivity index is 1.60. The van der Waals surface area contributed by atoms with Crippen molar-refractivity contribution in [3.05, 3.63) is 0 Å². The van der Waals surface area contributed by atoms with Crippen molar-refractivity contribution in [3.63, 3.8) is 0 Å². The highest BCUT2D eigenvalue weighted by molar-refractivity contribution is 5.71. The molecular weight excluding hydrogens is 202 g/mol. The van der Waals surface area contributed by atoms with Gasteiger partial charge in [0.15, 0.2) is 0 Å². The van der Waals surface area contributed by atoms with Gasteiger partial charge >= 0.3 is 5.97 Å². The lowest BCUT2D eigenvalue weighted by molar-refractivity contribution is -0.152. The normalized spacial score (nSPS) is 30.1. The van der Waals surface area contributed by atoms with Gasteiger partial charge in [0, 0.05) is 0 Å². The van der Waals surface area contributed by atoms with E-state index in [2.05, 4.69) is 12.2 Å². The number of hydrogen-bond donors (Lipinski definition) is 1. The van der Waals surface area contributed by atoms with Crippen molar-refractivity contribution in [2.45, 2.75) is 51.6 Å². The molecule has 2 atom stereocenters. The van der Waals surface area contributed by atoms with E-state index in [4.69, 9.17) is 4.74 Å². The molecule has 2 rings (SSSR count). The Morgan fingerprint density at radius 3 is 2.69 bits per heavy atom. The molecule has 16 heavy (non-hydrogen) atoms. The van der Waals surface area contributed by atoms with Crippen LogP contribution in [0, 0.1) is 11.8 Å². The molecule has 0 radical (unpaired) electrons. The first-order chi connectivity index (χ1) is 7.75. The van der Waals surface area contributed by atoms with Crippen molar-refractivity contribution in [3.8, 4) is 0 Å². The maximum Gasteiger partial charge on any atom is 0.320 e. The molecule has 2 fully saturated rings. The molecule has 0 heterocycles. The lowest BCUT2D eigenvalue weighted by Gasteiger charge is -2.28.